The molecule has 0 bridgehead atoms. The van der Waals surface area contributed by atoms with E-state index in [1.165, 1.54) is 0 Å². The summed E-state index contributed by atoms with van der Waals surface area (Å²) < 4.78 is 49.6. The molecule has 13 heavy (non-hydrogen) atoms. The van der Waals surface area contributed by atoms with Gasteiger partial charge in [-0.05, 0) is 41.6 Å². The molecule has 0 aromatic heterocycles. The molecular formula is C8H11BrF4. The van der Waals surface area contributed by atoms with Crippen molar-refractivity contribution in [2.75, 3.05) is 0 Å². The lowest BCUT2D eigenvalue weighted by Gasteiger charge is -2.30. The Morgan fingerprint density at radius 3 is 1.85 bits per heavy atom. The predicted octanol–water partition coefficient (Wildman–Crippen LogP) is 4.05. The summed E-state index contributed by atoms with van der Waals surface area (Å²) in [6.45, 7) is 0. The van der Waals surface area contributed by atoms with Crippen LogP contribution in [0.15, 0.2) is 0 Å². The van der Waals surface area contributed by atoms with Crippen LogP contribution >= 0.6 is 15.9 Å². The summed E-state index contributed by atoms with van der Waals surface area (Å²) >= 11 is 2.28. The molecule has 1 aliphatic rings. The highest BCUT2D eigenvalue weighted by atomic mass is 79.9. The third-order valence-electron chi connectivity index (χ3n) is 2.59. The smallest absolute Gasteiger partial charge is 0.210 e. The van der Waals surface area contributed by atoms with E-state index in [4.69, 9.17) is 0 Å². The molecule has 5 heteroatoms. The summed E-state index contributed by atoms with van der Waals surface area (Å²) in [5.41, 5.74) is 0. The van der Waals surface area contributed by atoms with Gasteiger partial charge in [-0.2, -0.15) is 8.78 Å². The molecule has 0 aliphatic heterocycles. The van der Waals surface area contributed by atoms with Gasteiger partial charge in [0.05, 0.1) is 0 Å². The number of alkyl halides is 5. The SMILES string of the molecule is FC(F)C1CCC(C(F)(F)Br)CC1. The molecule has 0 unspecified atom stereocenters. The van der Waals surface area contributed by atoms with Crippen LogP contribution in [0.25, 0.3) is 0 Å². The van der Waals surface area contributed by atoms with Crippen molar-refractivity contribution in [2.45, 2.75) is 36.9 Å². The van der Waals surface area contributed by atoms with Crippen LogP contribution in [0.1, 0.15) is 25.7 Å². The maximum Gasteiger partial charge on any atom is 0.304 e. The molecule has 0 aromatic carbocycles. The Kier molecular flexibility index (Phi) is 3.60. The van der Waals surface area contributed by atoms with E-state index in [2.05, 4.69) is 15.9 Å². The standard InChI is InChI=1S/C8H11BrF4/c9-8(12,13)6-3-1-5(2-4-6)7(10)11/h5-7H,1-4H2. The zero-order chi connectivity index (χ0) is 10.1. The van der Waals surface area contributed by atoms with Crippen LogP contribution in [-0.4, -0.2) is 11.3 Å². The number of hydrogen-bond donors (Lipinski definition) is 0. The number of hydrogen-bond acceptors (Lipinski definition) is 0. The first kappa shape index (κ1) is 11.3. The van der Waals surface area contributed by atoms with Gasteiger partial charge >= 0.3 is 4.83 Å². The normalized spacial score (nSPS) is 30.9. The Morgan fingerprint density at radius 2 is 1.54 bits per heavy atom. The monoisotopic (exact) mass is 262 g/mol. The van der Waals surface area contributed by atoms with Crippen molar-refractivity contribution in [2.24, 2.45) is 11.8 Å². The van der Waals surface area contributed by atoms with Gasteiger partial charge < -0.3 is 0 Å². The Balaban J connectivity index is 2.39. The number of halogens is 5. The third kappa shape index (κ3) is 3.11. The molecule has 0 nitrogen and oxygen atoms in total. The van der Waals surface area contributed by atoms with E-state index in [9.17, 15) is 17.6 Å². The lowest BCUT2D eigenvalue weighted by molar-refractivity contribution is -0.0100. The minimum Gasteiger partial charge on any atom is -0.210 e. The first-order valence-electron chi connectivity index (χ1n) is 4.26. The van der Waals surface area contributed by atoms with E-state index in [0.717, 1.165) is 0 Å². The van der Waals surface area contributed by atoms with Crippen molar-refractivity contribution < 1.29 is 17.6 Å². The van der Waals surface area contributed by atoms with Gasteiger partial charge in [-0.1, -0.05) is 0 Å². The molecule has 78 valence electrons. The molecule has 1 saturated carbocycles. The van der Waals surface area contributed by atoms with Gasteiger partial charge in [0.1, 0.15) is 0 Å². The van der Waals surface area contributed by atoms with E-state index in [0.29, 0.717) is 0 Å². The highest BCUT2D eigenvalue weighted by Crippen LogP contribution is 2.43. The molecule has 1 aliphatic carbocycles. The average Bonchev–Trinajstić information content (AvgIpc) is 2.03. The second-order valence-electron chi connectivity index (χ2n) is 3.49. The molecular weight excluding hydrogens is 252 g/mol. The zero-order valence-electron chi connectivity index (χ0n) is 6.95. The zero-order valence-corrected chi connectivity index (χ0v) is 8.54. The van der Waals surface area contributed by atoms with Gasteiger partial charge in [-0.3, -0.25) is 0 Å². The second-order valence-corrected chi connectivity index (χ2v) is 4.55. The van der Waals surface area contributed by atoms with Gasteiger partial charge in [0.25, 0.3) is 0 Å². The summed E-state index contributed by atoms with van der Waals surface area (Å²) in [6.07, 6.45) is -1.56. The quantitative estimate of drug-likeness (QED) is 0.521. The van der Waals surface area contributed by atoms with E-state index in [1.807, 2.05) is 0 Å². The molecule has 0 heterocycles. The summed E-state index contributed by atoms with van der Waals surface area (Å²) in [6, 6.07) is 0. The van der Waals surface area contributed by atoms with Crippen molar-refractivity contribution in [3.8, 4) is 0 Å². The van der Waals surface area contributed by atoms with E-state index >= 15 is 0 Å². The highest BCUT2D eigenvalue weighted by Gasteiger charge is 2.40. The maximum absolute atomic E-state index is 12.7. The summed E-state index contributed by atoms with van der Waals surface area (Å²) in [7, 11) is 0. The van der Waals surface area contributed by atoms with Crippen molar-refractivity contribution in [1.82, 2.24) is 0 Å². The molecule has 1 fully saturated rings. The van der Waals surface area contributed by atoms with Crippen LogP contribution in [0.4, 0.5) is 17.6 Å². The second kappa shape index (κ2) is 4.15. The van der Waals surface area contributed by atoms with Crippen LogP contribution in [0, 0.1) is 11.8 Å². The summed E-state index contributed by atoms with van der Waals surface area (Å²) in [5, 5.41) is 0. The van der Waals surface area contributed by atoms with E-state index in [1.54, 1.807) is 0 Å². The minimum atomic E-state index is -2.89. The summed E-state index contributed by atoms with van der Waals surface area (Å²) in [5.74, 6) is -1.45. The minimum absolute atomic E-state index is 0.188. The highest BCUT2D eigenvalue weighted by molar-refractivity contribution is 9.10. The fourth-order valence-corrected chi connectivity index (χ4v) is 2.16. The molecule has 0 amide bonds. The van der Waals surface area contributed by atoms with Crippen molar-refractivity contribution in [3.63, 3.8) is 0 Å². The van der Waals surface area contributed by atoms with Gasteiger partial charge in [-0.25, -0.2) is 8.78 Å². The maximum atomic E-state index is 12.7. The fourth-order valence-electron chi connectivity index (χ4n) is 1.70. The molecule has 0 N–H and O–H groups in total. The molecule has 0 radical (unpaired) electrons. The van der Waals surface area contributed by atoms with Crippen LogP contribution < -0.4 is 0 Å². The van der Waals surface area contributed by atoms with Crippen LogP contribution in [0.3, 0.4) is 0 Å². The van der Waals surface area contributed by atoms with E-state index in [-0.39, 0.29) is 25.7 Å². The molecule has 0 aromatic rings. The van der Waals surface area contributed by atoms with Crippen molar-refractivity contribution in [1.29, 1.82) is 0 Å². The first-order chi connectivity index (χ1) is 5.91. The van der Waals surface area contributed by atoms with Gasteiger partial charge in [-0.15, -0.1) is 0 Å². The van der Waals surface area contributed by atoms with Crippen molar-refractivity contribution >= 4 is 15.9 Å². The first-order valence-corrected chi connectivity index (χ1v) is 5.05. The molecule has 0 saturated heterocycles. The van der Waals surface area contributed by atoms with Crippen molar-refractivity contribution in [3.05, 3.63) is 0 Å². The largest absolute Gasteiger partial charge is 0.304 e. The Bertz CT molecular complexity index is 158. The lowest BCUT2D eigenvalue weighted by atomic mass is 9.82. The number of rotatable bonds is 2. The summed E-state index contributed by atoms with van der Waals surface area (Å²) in [4.78, 5) is -2.89. The Labute approximate surface area is 82.8 Å². The van der Waals surface area contributed by atoms with Gasteiger partial charge in [0, 0.05) is 11.8 Å². The molecule has 0 atom stereocenters. The fraction of sp³-hybridized carbons (Fsp3) is 1.00. The van der Waals surface area contributed by atoms with Gasteiger partial charge in [0.2, 0.25) is 6.43 Å². The molecule has 1 rings (SSSR count). The predicted molar refractivity (Wildman–Crippen MR) is 45.3 cm³/mol. The third-order valence-corrected chi connectivity index (χ3v) is 3.24. The Hall–Kier alpha value is 0.200. The Morgan fingerprint density at radius 1 is 1.08 bits per heavy atom. The van der Waals surface area contributed by atoms with Crippen LogP contribution in [0.5, 0.6) is 0 Å². The van der Waals surface area contributed by atoms with Crippen LogP contribution in [-0.2, 0) is 0 Å². The molecule has 0 spiro atoms. The van der Waals surface area contributed by atoms with E-state index < -0.39 is 23.1 Å². The van der Waals surface area contributed by atoms with Crippen LogP contribution in [0.2, 0.25) is 0 Å². The topological polar surface area (TPSA) is 0 Å². The van der Waals surface area contributed by atoms with Gasteiger partial charge in [0.15, 0.2) is 0 Å². The average molecular weight is 263 g/mol. The lowest BCUT2D eigenvalue weighted by Crippen LogP contribution is -2.28.